The van der Waals surface area contributed by atoms with Crippen LogP contribution in [0.15, 0.2) is 40.0 Å². The zero-order valence-electron chi connectivity index (χ0n) is 12.8. The van der Waals surface area contributed by atoms with Crippen LogP contribution >= 0.6 is 0 Å². The first-order valence-electron chi connectivity index (χ1n) is 6.91. The predicted molar refractivity (Wildman–Crippen MR) is 82.8 cm³/mol. The van der Waals surface area contributed by atoms with Gasteiger partial charge < -0.3 is 4.42 Å². The van der Waals surface area contributed by atoms with Crippen LogP contribution in [0.1, 0.15) is 29.2 Å². The molecule has 0 saturated heterocycles. The fourth-order valence-electron chi connectivity index (χ4n) is 2.36. The maximum Gasteiger partial charge on any atom is 0.241 e. The highest BCUT2D eigenvalue weighted by atomic mass is 32.2. The lowest BCUT2D eigenvalue weighted by atomic mass is 10.1. The minimum Gasteiger partial charge on any atom is -0.472 e. The zero-order valence-corrected chi connectivity index (χ0v) is 13.6. The molecule has 5 heteroatoms. The highest BCUT2D eigenvalue weighted by Gasteiger charge is 2.20. The van der Waals surface area contributed by atoms with Crippen molar-refractivity contribution < 1.29 is 12.8 Å². The van der Waals surface area contributed by atoms with Gasteiger partial charge in [-0.3, -0.25) is 0 Å². The van der Waals surface area contributed by atoms with E-state index in [1.165, 1.54) is 0 Å². The first-order chi connectivity index (χ1) is 9.79. The molecule has 0 amide bonds. The summed E-state index contributed by atoms with van der Waals surface area (Å²) in [6.07, 6.45) is 3.82. The van der Waals surface area contributed by atoms with E-state index in [0.29, 0.717) is 11.3 Å². The standard InChI is InChI=1S/C16H21NO3S/c1-11-7-13(3)16(8-12(11)2)21(18,19)17-14(4)9-15-5-6-20-10-15/h5-8,10,14,17H,9H2,1-4H3. The van der Waals surface area contributed by atoms with Crippen molar-refractivity contribution in [1.29, 1.82) is 0 Å². The van der Waals surface area contributed by atoms with Gasteiger partial charge in [0.1, 0.15) is 0 Å². The molecule has 114 valence electrons. The van der Waals surface area contributed by atoms with Crippen molar-refractivity contribution in [1.82, 2.24) is 4.72 Å². The number of sulfonamides is 1. The summed E-state index contributed by atoms with van der Waals surface area (Å²) in [6.45, 7) is 7.57. The Kier molecular flexibility index (Phi) is 4.54. The highest BCUT2D eigenvalue weighted by Crippen LogP contribution is 2.20. The molecule has 0 radical (unpaired) electrons. The number of benzene rings is 1. The summed E-state index contributed by atoms with van der Waals surface area (Å²) in [4.78, 5) is 0.352. The third-order valence-corrected chi connectivity index (χ3v) is 5.29. The van der Waals surface area contributed by atoms with E-state index in [-0.39, 0.29) is 6.04 Å². The van der Waals surface area contributed by atoms with E-state index in [1.54, 1.807) is 18.6 Å². The van der Waals surface area contributed by atoms with Crippen LogP contribution in [0.3, 0.4) is 0 Å². The summed E-state index contributed by atoms with van der Waals surface area (Å²) in [6, 6.07) is 5.28. The first-order valence-corrected chi connectivity index (χ1v) is 8.39. The van der Waals surface area contributed by atoms with E-state index in [4.69, 9.17) is 4.42 Å². The van der Waals surface area contributed by atoms with E-state index in [9.17, 15) is 8.42 Å². The molecular formula is C16H21NO3S. The average Bonchev–Trinajstić information content (AvgIpc) is 2.85. The highest BCUT2D eigenvalue weighted by molar-refractivity contribution is 7.89. The summed E-state index contributed by atoms with van der Waals surface area (Å²) in [7, 11) is -3.51. The van der Waals surface area contributed by atoms with Crippen LogP contribution in [0.2, 0.25) is 0 Å². The summed E-state index contributed by atoms with van der Waals surface area (Å²) in [5.41, 5.74) is 3.81. The molecule has 2 aromatic rings. The monoisotopic (exact) mass is 307 g/mol. The number of rotatable bonds is 5. The third kappa shape index (κ3) is 3.74. The van der Waals surface area contributed by atoms with Crippen molar-refractivity contribution in [3.63, 3.8) is 0 Å². The normalized spacial score (nSPS) is 13.3. The van der Waals surface area contributed by atoms with Crippen LogP contribution in [-0.2, 0) is 16.4 Å². The van der Waals surface area contributed by atoms with Gasteiger partial charge in [0, 0.05) is 6.04 Å². The smallest absolute Gasteiger partial charge is 0.241 e. The van der Waals surface area contributed by atoms with Crippen LogP contribution in [0.5, 0.6) is 0 Å². The SMILES string of the molecule is Cc1cc(C)c(S(=O)(=O)NC(C)Cc2ccoc2)cc1C. The summed E-state index contributed by atoms with van der Waals surface area (Å²) < 4.78 is 32.8. The fourth-order valence-corrected chi connectivity index (χ4v) is 3.91. The van der Waals surface area contributed by atoms with Gasteiger partial charge in [0.2, 0.25) is 10.0 Å². The molecule has 1 aromatic heterocycles. The summed E-state index contributed by atoms with van der Waals surface area (Å²) in [5, 5.41) is 0. The quantitative estimate of drug-likeness (QED) is 0.923. The Morgan fingerprint density at radius 2 is 1.81 bits per heavy atom. The molecular weight excluding hydrogens is 286 g/mol. The van der Waals surface area contributed by atoms with Gasteiger partial charge in [-0.15, -0.1) is 0 Å². The second kappa shape index (κ2) is 6.03. The molecule has 1 unspecified atom stereocenters. The van der Waals surface area contributed by atoms with E-state index < -0.39 is 10.0 Å². The first kappa shape index (κ1) is 15.8. The number of hydrogen-bond donors (Lipinski definition) is 1. The van der Waals surface area contributed by atoms with Crippen molar-refractivity contribution in [3.05, 3.63) is 53.0 Å². The fraction of sp³-hybridized carbons (Fsp3) is 0.375. The summed E-state index contributed by atoms with van der Waals surface area (Å²) in [5.74, 6) is 0. The predicted octanol–water partition coefficient (Wildman–Crippen LogP) is 3.11. The van der Waals surface area contributed by atoms with Gasteiger partial charge in [0.15, 0.2) is 0 Å². The maximum absolute atomic E-state index is 12.5. The molecule has 21 heavy (non-hydrogen) atoms. The van der Waals surface area contributed by atoms with Crippen LogP contribution in [0, 0.1) is 20.8 Å². The molecule has 1 aromatic carbocycles. The van der Waals surface area contributed by atoms with E-state index in [2.05, 4.69) is 4.72 Å². The molecule has 0 aliphatic rings. The number of nitrogens with one attached hydrogen (secondary N) is 1. The van der Waals surface area contributed by atoms with Gasteiger partial charge in [-0.2, -0.15) is 0 Å². The van der Waals surface area contributed by atoms with Gasteiger partial charge in [-0.1, -0.05) is 6.07 Å². The molecule has 1 N–H and O–H groups in total. The maximum atomic E-state index is 12.5. The van der Waals surface area contributed by atoms with E-state index in [0.717, 1.165) is 22.3 Å². The van der Waals surface area contributed by atoms with Crippen molar-refractivity contribution in [2.75, 3.05) is 0 Å². The Labute approximate surface area is 126 Å². The molecule has 0 saturated carbocycles. The second-order valence-electron chi connectivity index (χ2n) is 5.56. The lowest BCUT2D eigenvalue weighted by Gasteiger charge is -2.16. The number of furan rings is 1. The Bertz CT molecular complexity index is 718. The molecule has 4 nitrogen and oxygen atoms in total. The van der Waals surface area contributed by atoms with Gasteiger partial charge in [0.25, 0.3) is 0 Å². The van der Waals surface area contributed by atoms with Crippen LogP contribution < -0.4 is 4.72 Å². The minimum atomic E-state index is -3.51. The zero-order chi connectivity index (χ0) is 15.6. The largest absolute Gasteiger partial charge is 0.472 e. The van der Waals surface area contributed by atoms with Crippen LogP contribution in [0.25, 0.3) is 0 Å². The molecule has 0 aliphatic heterocycles. The Morgan fingerprint density at radius 3 is 2.43 bits per heavy atom. The van der Waals surface area contributed by atoms with Gasteiger partial charge in [-0.25, -0.2) is 13.1 Å². The third-order valence-electron chi connectivity index (χ3n) is 3.56. The van der Waals surface area contributed by atoms with Crippen LogP contribution in [-0.4, -0.2) is 14.5 Å². The molecule has 1 heterocycles. The summed E-state index contributed by atoms with van der Waals surface area (Å²) >= 11 is 0. The Balaban J connectivity index is 2.20. The van der Waals surface area contributed by atoms with E-state index >= 15 is 0 Å². The molecule has 0 spiro atoms. The lowest BCUT2D eigenvalue weighted by Crippen LogP contribution is -2.34. The molecule has 0 aliphatic carbocycles. The minimum absolute atomic E-state index is 0.200. The Hall–Kier alpha value is -1.59. The van der Waals surface area contributed by atoms with Crippen molar-refractivity contribution in [2.45, 2.75) is 45.1 Å². The average molecular weight is 307 g/mol. The lowest BCUT2D eigenvalue weighted by molar-refractivity contribution is 0.549. The van der Waals surface area contributed by atoms with E-state index in [1.807, 2.05) is 39.8 Å². The molecule has 2 rings (SSSR count). The number of hydrogen-bond acceptors (Lipinski definition) is 3. The topological polar surface area (TPSA) is 59.3 Å². The van der Waals surface area contributed by atoms with Gasteiger partial charge in [-0.05, 0) is 68.5 Å². The van der Waals surface area contributed by atoms with Crippen molar-refractivity contribution >= 4 is 10.0 Å². The molecule has 1 atom stereocenters. The Morgan fingerprint density at radius 1 is 1.14 bits per heavy atom. The molecule has 0 bridgehead atoms. The second-order valence-corrected chi connectivity index (χ2v) is 7.24. The van der Waals surface area contributed by atoms with Gasteiger partial charge in [0.05, 0.1) is 17.4 Å². The van der Waals surface area contributed by atoms with Crippen molar-refractivity contribution in [3.8, 4) is 0 Å². The number of aryl methyl sites for hydroxylation is 3. The van der Waals surface area contributed by atoms with Crippen molar-refractivity contribution in [2.24, 2.45) is 0 Å². The van der Waals surface area contributed by atoms with Gasteiger partial charge >= 0.3 is 0 Å². The van der Waals surface area contributed by atoms with Crippen LogP contribution in [0.4, 0.5) is 0 Å². The molecule has 0 fully saturated rings.